The van der Waals surface area contributed by atoms with Gasteiger partial charge >= 0.3 is 6.36 Å². The van der Waals surface area contributed by atoms with Crippen molar-refractivity contribution in [3.8, 4) is 5.75 Å². The number of ether oxygens (including phenoxy) is 1. The van der Waals surface area contributed by atoms with Crippen LogP contribution in [0.2, 0.25) is 0 Å². The molecule has 1 heterocycles. The van der Waals surface area contributed by atoms with Gasteiger partial charge in [-0.25, -0.2) is 8.78 Å². The molecule has 21 heavy (non-hydrogen) atoms. The molecule has 1 spiro atoms. The number of benzene rings is 1. The first kappa shape index (κ1) is 14.4. The Kier molecular flexibility index (Phi) is 3.07. The van der Waals surface area contributed by atoms with Gasteiger partial charge in [0.15, 0.2) is 5.75 Å². The van der Waals surface area contributed by atoms with Gasteiger partial charge in [0.2, 0.25) is 5.92 Å². The van der Waals surface area contributed by atoms with Gasteiger partial charge in [-0.2, -0.15) is 0 Å². The molecule has 1 aromatic rings. The third-order valence-electron chi connectivity index (χ3n) is 4.37. The predicted molar refractivity (Wildman–Crippen MR) is 66.7 cm³/mol. The second kappa shape index (κ2) is 4.48. The number of nitrogens with one attached hydrogen (secondary N) is 1. The minimum Gasteiger partial charge on any atom is -0.404 e. The summed E-state index contributed by atoms with van der Waals surface area (Å²) in [5.74, 6) is -2.97. The Hall–Kier alpha value is -1.53. The molecule has 0 saturated heterocycles. The first-order chi connectivity index (χ1) is 9.71. The van der Waals surface area contributed by atoms with Gasteiger partial charge < -0.3 is 10.1 Å². The number of hydrogen-bond acceptors (Lipinski definition) is 2. The zero-order chi connectivity index (χ0) is 15.3. The fourth-order valence-corrected chi connectivity index (χ4v) is 3.26. The molecular weight excluding hydrogens is 293 g/mol. The summed E-state index contributed by atoms with van der Waals surface area (Å²) < 4.78 is 67.8. The summed E-state index contributed by atoms with van der Waals surface area (Å²) in [4.78, 5) is 0. The van der Waals surface area contributed by atoms with Crippen LogP contribution >= 0.6 is 0 Å². The highest BCUT2D eigenvalue weighted by Gasteiger charge is 2.48. The van der Waals surface area contributed by atoms with Crippen molar-refractivity contribution in [3.05, 3.63) is 23.8 Å². The second-order valence-electron chi connectivity index (χ2n) is 5.72. The van der Waals surface area contributed by atoms with E-state index in [2.05, 4.69) is 10.1 Å². The van der Waals surface area contributed by atoms with Gasteiger partial charge in [-0.3, -0.25) is 0 Å². The zero-order valence-corrected chi connectivity index (χ0v) is 11.1. The molecule has 1 N–H and O–H groups in total. The van der Waals surface area contributed by atoms with Crippen molar-refractivity contribution in [3.63, 3.8) is 0 Å². The van der Waals surface area contributed by atoms with Crippen LogP contribution in [0.1, 0.15) is 31.2 Å². The lowest BCUT2D eigenvalue weighted by atomic mass is 9.69. The summed E-state index contributed by atoms with van der Waals surface area (Å²) in [5, 5.41) is 2.91. The maximum absolute atomic E-state index is 13.3. The molecule has 0 bridgehead atoms. The van der Waals surface area contributed by atoms with Gasteiger partial charge in [-0.1, -0.05) is 12.1 Å². The van der Waals surface area contributed by atoms with Crippen LogP contribution in [0, 0.1) is 0 Å². The van der Waals surface area contributed by atoms with Gasteiger partial charge in [-0.05, 0) is 24.5 Å². The number of para-hydroxylation sites is 1. The summed E-state index contributed by atoms with van der Waals surface area (Å²) in [7, 11) is 0. The molecule has 0 atom stereocenters. The number of halogens is 5. The van der Waals surface area contributed by atoms with E-state index in [4.69, 9.17) is 0 Å². The summed E-state index contributed by atoms with van der Waals surface area (Å²) in [6.45, 7) is 0.372. The van der Waals surface area contributed by atoms with E-state index in [1.165, 1.54) is 12.1 Å². The predicted octanol–water partition coefficient (Wildman–Crippen LogP) is 4.46. The molecule has 0 amide bonds. The van der Waals surface area contributed by atoms with E-state index in [9.17, 15) is 22.0 Å². The number of alkyl halides is 5. The van der Waals surface area contributed by atoms with Crippen LogP contribution in [-0.4, -0.2) is 18.8 Å². The van der Waals surface area contributed by atoms with E-state index >= 15 is 0 Å². The smallest absolute Gasteiger partial charge is 0.404 e. The molecule has 2 nitrogen and oxygen atoms in total. The number of anilines is 1. The average molecular weight is 307 g/mol. The monoisotopic (exact) mass is 307 g/mol. The van der Waals surface area contributed by atoms with Crippen molar-refractivity contribution >= 4 is 5.69 Å². The Morgan fingerprint density at radius 1 is 1.05 bits per heavy atom. The first-order valence-electron chi connectivity index (χ1n) is 6.72. The van der Waals surface area contributed by atoms with E-state index in [1.54, 1.807) is 6.07 Å². The van der Waals surface area contributed by atoms with Crippen LogP contribution in [0.4, 0.5) is 27.6 Å². The number of hydrogen-bond donors (Lipinski definition) is 1. The maximum Gasteiger partial charge on any atom is 0.573 e. The molecular formula is C14H14F5NO. The van der Waals surface area contributed by atoms with Gasteiger partial charge in [0.1, 0.15) is 0 Å². The minimum absolute atomic E-state index is 0.238. The summed E-state index contributed by atoms with van der Waals surface area (Å²) in [5.41, 5.74) is 0.418. The molecule has 0 radical (unpaired) electrons. The molecule has 3 rings (SSSR count). The highest BCUT2D eigenvalue weighted by atomic mass is 19.4. The van der Waals surface area contributed by atoms with Gasteiger partial charge in [-0.15, -0.1) is 13.2 Å². The topological polar surface area (TPSA) is 21.3 Å². The van der Waals surface area contributed by atoms with Crippen LogP contribution in [0.15, 0.2) is 18.2 Å². The third-order valence-corrected chi connectivity index (χ3v) is 4.37. The summed E-state index contributed by atoms with van der Waals surface area (Å²) in [6.07, 6.45) is -4.73. The first-order valence-corrected chi connectivity index (χ1v) is 6.72. The quantitative estimate of drug-likeness (QED) is 0.774. The van der Waals surface area contributed by atoms with Crippen LogP contribution < -0.4 is 10.1 Å². The standard InChI is InChI=1S/C14H14F5NO/c15-13(16)6-4-12(5-7-13)8-20-11-9(12)2-1-3-10(11)21-14(17,18)19/h1-3,20H,4-8H2. The van der Waals surface area contributed by atoms with Gasteiger partial charge in [0.05, 0.1) is 5.69 Å². The average Bonchev–Trinajstić information content (AvgIpc) is 2.73. The van der Waals surface area contributed by atoms with Gasteiger partial charge in [0.25, 0.3) is 0 Å². The van der Waals surface area contributed by atoms with Crippen molar-refractivity contribution < 1.29 is 26.7 Å². The summed E-state index contributed by atoms with van der Waals surface area (Å²) in [6, 6.07) is 4.40. The Morgan fingerprint density at radius 2 is 1.71 bits per heavy atom. The van der Waals surface area contributed by atoms with Crippen molar-refractivity contribution in [1.82, 2.24) is 0 Å². The molecule has 2 aliphatic rings. The Bertz CT molecular complexity index is 545. The molecule has 1 aliphatic carbocycles. The van der Waals surface area contributed by atoms with Crippen molar-refractivity contribution in [2.75, 3.05) is 11.9 Å². The maximum atomic E-state index is 13.3. The molecule has 1 aromatic carbocycles. The fraction of sp³-hybridized carbons (Fsp3) is 0.571. The lowest BCUT2D eigenvalue weighted by molar-refractivity contribution is -0.274. The largest absolute Gasteiger partial charge is 0.573 e. The van der Waals surface area contributed by atoms with Crippen LogP contribution in [-0.2, 0) is 5.41 Å². The molecule has 1 saturated carbocycles. The SMILES string of the molecule is FC1(F)CCC2(CC1)CNc1c(OC(F)(F)F)cccc12. The van der Waals surface area contributed by atoms with E-state index < -0.39 is 17.7 Å². The highest BCUT2D eigenvalue weighted by Crippen LogP contribution is 2.52. The van der Waals surface area contributed by atoms with E-state index in [0.717, 1.165) is 0 Å². The Morgan fingerprint density at radius 3 is 2.33 bits per heavy atom. The Balaban J connectivity index is 1.92. The van der Waals surface area contributed by atoms with Crippen LogP contribution in [0.3, 0.4) is 0 Å². The number of fused-ring (bicyclic) bond motifs is 2. The normalized spacial score (nSPS) is 22.7. The van der Waals surface area contributed by atoms with Crippen LogP contribution in [0.25, 0.3) is 0 Å². The zero-order valence-electron chi connectivity index (χ0n) is 11.1. The lowest BCUT2D eigenvalue weighted by Gasteiger charge is -2.37. The Labute approximate surface area is 118 Å². The summed E-state index contributed by atoms with van der Waals surface area (Å²) >= 11 is 0. The minimum atomic E-state index is -4.77. The van der Waals surface area contributed by atoms with E-state index in [0.29, 0.717) is 12.1 Å². The molecule has 116 valence electrons. The van der Waals surface area contributed by atoms with Crippen molar-refractivity contribution in [2.45, 2.75) is 43.4 Å². The third kappa shape index (κ3) is 2.65. The lowest BCUT2D eigenvalue weighted by Crippen LogP contribution is -2.37. The van der Waals surface area contributed by atoms with Crippen molar-refractivity contribution in [2.24, 2.45) is 0 Å². The fourth-order valence-electron chi connectivity index (χ4n) is 3.26. The molecule has 1 fully saturated rings. The number of rotatable bonds is 1. The molecule has 1 aliphatic heterocycles. The second-order valence-corrected chi connectivity index (χ2v) is 5.72. The molecule has 0 unspecified atom stereocenters. The molecule has 0 aromatic heterocycles. The van der Waals surface area contributed by atoms with Gasteiger partial charge in [0, 0.05) is 24.8 Å². The van der Waals surface area contributed by atoms with E-state index in [1.807, 2.05) is 0 Å². The van der Waals surface area contributed by atoms with Crippen molar-refractivity contribution in [1.29, 1.82) is 0 Å². The van der Waals surface area contributed by atoms with Crippen LogP contribution in [0.5, 0.6) is 5.75 Å². The molecule has 7 heteroatoms. The van der Waals surface area contributed by atoms with E-state index in [-0.39, 0.29) is 37.1 Å². The highest BCUT2D eigenvalue weighted by molar-refractivity contribution is 5.68.